The fraction of sp³-hybridized carbons (Fsp3) is 0.289. The molecule has 0 heterocycles. The molecule has 4 rings (SSSR count). The molecule has 44 heavy (non-hydrogen) atoms. The Labute approximate surface area is 261 Å². The van der Waals surface area contributed by atoms with Crippen LogP contribution in [0, 0.1) is 11.8 Å². The lowest BCUT2D eigenvalue weighted by molar-refractivity contribution is -0.146. The van der Waals surface area contributed by atoms with Crippen LogP contribution in [0.5, 0.6) is 0 Å². The van der Waals surface area contributed by atoms with E-state index in [-0.39, 0.29) is 42.0 Å². The lowest BCUT2D eigenvalue weighted by Crippen LogP contribution is -2.28. The summed E-state index contributed by atoms with van der Waals surface area (Å²) in [7, 11) is 2.75. The molecule has 6 nitrogen and oxygen atoms in total. The smallest absolute Gasteiger partial charge is 0.308 e. The van der Waals surface area contributed by atoms with E-state index in [0.717, 1.165) is 23.1 Å². The van der Waals surface area contributed by atoms with Crippen LogP contribution in [0.2, 0.25) is 0 Å². The van der Waals surface area contributed by atoms with Crippen molar-refractivity contribution in [2.75, 3.05) is 14.2 Å². The van der Waals surface area contributed by atoms with Crippen LogP contribution >= 0.6 is 0 Å². The second-order valence-electron chi connectivity index (χ2n) is 11.1. The highest BCUT2D eigenvalue weighted by molar-refractivity contribution is 5.85. The van der Waals surface area contributed by atoms with E-state index in [1.807, 2.05) is 67.6 Å². The van der Waals surface area contributed by atoms with Gasteiger partial charge in [-0.15, -0.1) is 0 Å². The molecule has 2 N–H and O–H groups in total. The van der Waals surface area contributed by atoms with Crippen LogP contribution in [0.3, 0.4) is 0 Å². The molecule has 4 aromatic carbocycles. The van der Waals surface area contributed by atoms with Crippen LogP contribution in [-0.4, -0.2) is 38.0 Å². The molecule has 0 saturated carbocycles. The van der Waals surface area contributed by atoms with Crippen molar-refractivity contribution >= 4 is 17.7 Å². The van der Waals surface area contributed by atoms with Crippen LogP contribution in [0.15, 0.2) is 109 Å². The van der Waals surface area contributed by atoms with Crippen LogP contribution < -0.4 is 5.73 Å². The standard InChI is InChI=1S/C19H23NO2.C19H20O3/c2*1-14(19(21)22-2)12-18(20)13-15-8-10-17(11-9-15)16-6-4-3-5-7-16/h3-11,14,18H,12-13,20H2,1-2H3;3-11,14H,12-13H2,1-2H3/t14-,18+;14-/m11/s1. The van der Waals surface area contributed by atoms with Crippen LogP contribution in [0.25, 0.3) is 22.3 Å². The van der Waals surface area contributed by atoms with E-state index in [4.69, 9.17) is 10.5 Å². The molecule has 0 bridgehead atoms. The van der Waals surface area contributed by atoms with Gasteiger partial charge in [0.2, 0.25) is 0 Å². The number of rotatable bonds is 12. The van der Waals surface area contributed by atoms with E-state index in [9.17, 15) is 14.4 Å². The minimum Gasteiger partial charge on any atom is -0.469 e. The summed E-state index contributed by atoms with van der Waals surface area (Å²) in [5, 5.41) is 0. The first kappa shape index (κ1) is 33.9. The maximum absolute atomic E-state index is 12.0. The lowest BCUT2D eigenvalue weighted by Gasteiger charge is -2.16. The van der Waals surface area contributed by atoms with Crippen LogP contribution in [0.1, 0.15) is 37.8 Å². The van der Waals surface area contributed by atoms with Crippen molar-refractivity contribution in [2.24, 2.45) is 17.6 Å². The molecule has 0 fully saturated rings. The maximum Gasteiger partial charge on any atom is 0.308 e. The minimum atomic E-state index is -0.388. The first-order valence-corrected chi connectivity index (χ1v) is 14.9. The number of nitrogens with two attached hydrogens (primary N) is 1. The van der Waals surface area contributed by atoms with E-state index in [0.29, 0.717) is 12.8 Å². The third-order valence-corrected chi connectivity index (χ3v) is 7.42. The molecule has 4 aromatic rings. The molecule has 0 aliphatic rings. The molecule has 0 aliphatic carbocycles. The van der Waals surface area contributed by atoms with Crippen molar-refractivity contribution in [3.05, 3.63) is 120 Å². The number of benzene rings is 4. The molecular weight excluding hydrogens is 550 g/mol. The van der Waals surface area contributed by atoms with Gasteiger partial charge in [0, 0.05) is 18.9 Å². The summed E-state index contributed by atoms with van der Waals surface area (Å²) in [5.41, 5.74) is 13.0. The summed E-state index contributed by atoms with van der Waals surface area (Å²) in [5.74, 6) is -1.04. The SMILES string of the molecule is COC(=O)[C@H](C)CC(=O)Cc1ccc(-c2ccccc2)cc1.COC(=O)[C@H](C)C[C@H](N)Cc1ccc(-c2ccccc2)cc1. The summed E-state index contributed by atoms with van der Waals surface area (Å²) in [6.45, 7) is 3.56. The Kier molecular flexibility index (Phi) is 13.5. The van der Waals surface area contributed by atoms with Crippen molar-refractivity contribution < 1.29 is 23.9 Å². The number of carbonyl (C=O) groups excluding carboxylic acids is 3. The van der Waals surface area contributed by atoms with E-state index in [2.05, 4.69) is 53.3 Å². The van der Waals surface area contributed by atoms with Crippen molar-refractivity contribution in [3.63, 3.8) is 0 Å². The molecule has 0 saturated heterocycles. The predicted molar refractivity (Wildman–Crippen MR) is 176 cm³/mol. The van der Waals surface area contributed by atoms with Gasteiger partial charge >= 0.3 is 11.9 Å². The molecule has 0 aliphatic heterocycles. The zero-order valence-corrected chi connectivity index (χ0v) is 26.1. The average Bonchev–Trinajstić information content (AvgIpc) is 3.05. The fourth-order valence-electron chi connectivity index (χ4n) is 4.97. The van der Waals surface area contributed by atoms with Gasteiger partial charge in [0.05, 0.1) is 26.1 Å². The maximum atomic E-state index is 12.0. The molecular formula is C38H43NO5. The third-order valence-electron chi connectivity index (χ3n) is 7.42. The lowest BCUT2D eigenvalue weighted by atomic mass is 9.95. The fourth-order valence-corrected chi connectivity index (χ4v) is 4.97. The Bertz CT molecular complexity index is 1450. The van der Waals surface area contributed by atoms with Crippen molar-refractivity contribution in [2.45, 2.75) is 45.6 Å². The number of carbonyl (C=O) groups is 3. The van der Waals surface area contributed by atoms with E-state index < -0.39 is 0 Å². The van der Waals surface area contributed by atoms with E-state index >= 15 is 0 Å². The molecule has 0 radical (unpaired) electrons. The highest BCUT2D eigenvalue weighted by atomic mass is 16.5. The molecule has 0 amide bonds. The monoisotopic (exact) mass is 593 g/mol. The van der Waals surface area contributed by atoms with Gasteiger partial charge in [-0.25, -0.2) is 0 Å². The molecule has 230 valence electrons. The largest absolute Gasteiger partial charge is 0.469 e. The first-order valence-electron chi connectivity index (χ1n) is 14.9. The Hall–Kier alpha value is -4.55. The number of esters is 2. The van der Waals surface area contributed by atoms with Crippen molar-refractivity contribution in [1.82, 2.24) is 0 Å². The number of ether oxygens (including phenoxy) is 2. The van der Waals surface area contributed by atoms with Crippen molar-refractivity contribution in [3.8, 4) is 22.3 Å². The zero-order valence-electron chi connectivity index (χ0n) is 26.1. The number of methoxy groups -OCH3 is 2. The van der Waals surface area contributed by atoms with Crippen molar-refractivity contribution in [1.29, 1.82) is 0 Å². The average molecular weight is 594 g/mol. The van der Waals surface area contributed by atoms with Gasteiger partial charge in [-0.3, -0.25) is 14.4 Å². The highest BCUT2D eigenvalue weighted by Crippen LogP contribution is 2.21. The summed E-state index contributed by atoms with van der Waals surface area (Å²) >= 11 is 0. The molecule has 6 heteroatoms. The van der Waals surface area contributed by atoms with E-state index in [1.54, 1.807) is 6.92 Å². The zero-order chi connectivity index (χ0) is 31.9. The Morgan fingerprint density at radius 2 is 1.00 bits per heavy atom. The minimum absolute atomic E-state index is 0.0447. The van der Waals surface area contributed by atoms with Crippen LogP contribution in [-0.2, 0) is 36.7 Å². The molecule has 3 atom stereocenters. The third kappa shape index (κ3) is 10.9. The highest BCUT2D eigenvalue weighted by Gasteiger charge is 2.18. The topological polar surface area (TPSA) is 95.7 Å². The summed E-state index contributed by atoms with van der Waals surface area (Å²) in [6.07, 6.45) is 1.95. The van der Waals surface area contributed by atoms with Crippen LogP contribution in [0.4, 0.5) is 0 Å². The second kappa shape index (κ2) is 17.5. The van der Waals surface area contributed by atoms with Gasteiger partial charge in [-0.1, -0.05) is 123 Å². The Morgan fingerprint density at radius 3 is 1.45 bits per heavy atom. The van der Waals surface area contributed by atoms with Gasteiger partial charge in [0.1, 0.15) is 5.78 Å². The van der Waals surface area contributed by atoms with Gasteiger partial charge < -0.3 is 15.2 Å². The quantitative estimate of drug-likeness (QED) is 0.176. The van der Waals surface area contributed by atoms with Gasteiger partial charge in [0.15, 0.2) is 0 Å². The summed E-state index contributed by atoms with van der Waals surface area (Å²) in [4.78, 5) is 34.7. The number of hydrogen-bond donors (Lipinski definition) is 1. The normalized spacial score (nSPS) is 12.6. The number of ketones is 1. The van der Waals surface area contributed by atoms with E-state index in [1.165, 1.54) is 30.9 Å². The first-order chi connectivity index (χ1) is 21.2. The number of hydrogen-bond acceptors (Lipinski definition) is 6. The predicted octanol–water partition coefficient (Wildman–Crippen LogP) is 7.09. The molecule has 0 aromatic heterocycles. The Balaban J connectivity index is 0.000000240. The Morgan fingerprint density at radius 1 is 0.591 bits per heavy atom. The van der Waals surface area contributed by atoms with Gasteiger partial charge in [-0.2, -0.15) is 0 Å². The second-order valence-corrected chi connectivity index (χ2v) is 11.1. The summed E-state index contributed by atoms with van der Waals surface area (Å²) < 4.78 is 9.37. The van der Waals surface area contributed by atoms with Gasteiger partial charge in [0.25, 0.3) is 0 Å². The van der Waals surface area contributed by atoms with Gasteiger partial charge in [-0.05, 0) is 46.2 Å². The number of Topliss-reactive ketones (excluding diaryl/α,β-unsaturated/α-hetero) is 1. The molecule has 0 spiro atoms. The molecule has 0 unspecified atom stereocenters. The summed E-state index contributed by atoms with van der Waals surface area (Å²) in [6, 6.07) is 36.7.